The second-order valence-electron chi connectivity index (χ2n) is 9.05. The van der Waals surface area contributed by atoms with Crippen molar-refractivity contribution in [2.75, 3.05) is 0 Å². The molecule has 0 bridgehead atoms. The highest BCUT2D eigenvalue weighted by molar-refractivity contribution is 6.30. The van der Waals surface area contributed by atoms with E-state index in [2.05, 4.69) is 0 Å². The van der Waals surface area contributed by atoms with Crippen LogP contribution in [0.25, 0.3) is 0 Å². The molecule has 176 valence electrons. The van der Waals surface area contributed by atoms with E-state index in [1.54, 1.807) is 36.9 Å². The van der Waals surface area contributed by atoms with Gasteiger partial charge in [0.05, 0.1) is 24.1 Å². The second kappa shape index (κ2) is 9.88. The van der Waals surface area contributed by atoms with Gasteiger partial charge in [0.15, 0.2) is 0 Å². The Morgan fingerprint density at radius 3 is 2.24 bits per heavy atom. The SMILES string of the molecule is CC[C@H](N1C(=O)C(CC(=O)O)=C(C)[C@H](c2cccc(Cl)c2)[C@H]1c1ccc(Cl)cc1)C(C)(C)O. The monoisotopic (exact) mass is 489 g/mol. The number of nitrogens with zero attached hydrogens (tertiary/aromatic N) is 1. The average Bonchev–Trinajstić information content (AvgIpc) is 2.72. The summed E-state index contributed by atoms with van der Waals surface area (Å²) in [4.78, 5) is 27.2. The van der Waals surface area contributed by atoms with Gasteiger partial charge in [-0.1, -0.05) is 60.0 Å². The zero-order valence-corrected chi connectivity index (χ0v) is 20.7. The van der Waals surface area contributed by atoms with Gasteiger partial charge in [-0.3, -0.25) is 9.59 Å². The zero-order chi connectivity index (χ0) is 24.5. The van der Waals surface area contributed by atoms with Crippen molar-refractivity contribution in [3.63, 3.8) is 0 Å². The maximum absolute atomic E-state index is 13.9. The first-order valence-electron chi connectivity index (χ1n) is 10.9. The lowest BCUT2D eigenvalue weighted by atomic mass is 9.74. The highest BCUT2D eigenvalue weighted by atomic mass is 35.5. The van der Waals surface area contributed by atoms with Crippen molar-refractivity contribution in [1.82, 2.24) is 4.90 Å². The smallest absolute Gasteiger partial charge is 0.308 e. The summed E-state index contributed by atoms with van der Waals surface area (Å²) in [7, 11) is 0. The fraction of sp³-hybridized carbons (Fsp3) is 0.385. The van der Waals surface area contributed by atoms with Crippen molar-refractivity contribution >= 4 is 35.1 Å². The van der Waals surface area contributed by atoms with Gasteiger partial charge >= 0.3 is 5.97 Å². The molecule has 0 radical (unpaired) electrons. The maximum atomic E-state index is 13.9. The molecule has 0 fully saturated rings. The molecule has 2 N–H and O–H groups in total. The molecular formula is C26H29Cl2NO4. The van der Waals surface area contributed by atoms with E-state index >= 15 is 0 Å². The Balaban J connectivity index is 2.35. The number of halogens is 2. The Morgan fingerprint density at radius 2 is 1.73 bits per heavy atom. The number of carboxylic acid groups (broad SMARTS) is 1. The number of aliphatic hydroxyl groups is 1. The lowest BCUT2D eigenvalue weighted by Crippen LogP contribution is -2.56. The quantitative estimate of drug-likeness (QED) is 0.499. The minimum Gasteiger partial charge on any atom is -0.481 e. The molecule has 0 saturated heterocycles. The fourth-order valence-corrected chi connectivity index (χ4v) is 5.24. The van der Waals surface area contributed by atoms with Crippen LogP contribution in [0.1, 0.15) is 63.6 Å². The third kappa shape index (κ3) is 5.26. The van der Waals surface area contributed by atoms with Gasteiger partial charge in [-0.25, -0.2) is 0 Å². The van der Waals surface area contributed by atoms with Gasteiger partial charge in [0, 0.05) is 21.5 Å². The van der Waals surface area contributed by atoms with E-state index in [-0.39, 0.29) is 17.4 Å². The van der Waals surface area contributed by atoms with E-state index < -0.39 is 30.1 Å². The van der Waals surface area contributed by atoms with Gasteiger partial charge in [-0.15, -0.1) is 0 Å². The van der Waals surface area contributed by atoms with Crippen LogP contribution in [0, 0.1) is 0 Å². The van der Waals surface area contributed by atoms with Crippen molar-refractivity contribution in [2.45, 2.75) is 64.1 Å². The molecule has 1 heterocycles. The Morgan fingerprint density at radius 1 is 1.09 bits per heavy atom. The minimum atomic E-state index is -1.21. The molecular weight excluding hydrogens is 461 g/mol. The van der Waals surface area contributed by atoms with Crippen molar-refractivity contribution in [3.8, 4) is 0 Å². The molecule has 2 aromatic carbocycles. The van der Waals surface area contributed by atoms with Gasteiger partial charge in [0.25, 0.3) is 5.91 Å². The molecule has 33 heavy (non-hydrogen) atoms. The van der Waals surface area contributed by atoms with Gasteiger partial charge in [0.1, 0.15) is 0 Å². The number of benzene rings is 2. The number of carboxylic acids is 1. The molecule has 3 rings (SSSR count). The lowest BCUT2D eigenvalue weighted by molar-refractivity contribution is -0.144. The normalized spacial score (nSPS) is 20.2. The van der Waals surface area contributed by atoms with Gasteiger partial charge in [0.2, 0.25) is 0 Å². The first-order chi connectivity index (χ1) is 15.5. The van der Waals surface area contributed by atoms with Crippen LogP contribution in [0.4, 0.5) is 0 Å². The van der Waals surface area contributed by atoms with E-state index in [1.807, 2.05) is 44.2 Å². The standard InChI is InChI=1S/C26H29Cl2NO4/c1-5-21(26(3,4)33)29-24(16-9-11-18(27)12-10-16)23(17-7-6-8-19(28)13-17)15(2)20(25(29)32)14-22(30)31/h6-13,21,23-24,33H,5,14H2,1-4H3,(H,30,31)/t21-,23+,24+/m0/s1. The number of hydrogen-bond donors (Lipinski definition) is 2. The molecule has 0 spiro atoms. The highest BCUT2D eigenvalue weighted by Gasteiger charge is 2.47. The van der Waals surface area contributed by atoms with Crippen molar-refractivity contribution in [2.24, 2.45) is 0 Å². The average molecular weight is 490 g/mol. The molecule has 1 aliphatic rings. The van der Waals surface area contributed by atoms with Crippen molar-refractivity contribution < 1.29 is 19.8 Å². The third-order valence-corrected chi connectivity index (χ3v) is 6.82. The van der Waals surface area contributed by atoms with Crippen LogP contribution in [-0.2, 0) is 9.59 Å². The van der Waals surface area contributed by atoms with Crippen LogP contribution in [0.5, 0.6) is 0 Å². The van der Waals surface area contributed by atoms with Crippen LogP contribution < -0.4 is 0 Å². The number of rotatable bonds is 7. The molecule has 1 aliphatic heterocycles. The summed E-state index contributed by atoms with van der Waals surface area (Å²) in [5.74, 6) is -1.81. The Labute approximate surface area is 204 Å². The first kappa shape index (κ1) is 25.3. The Hall–Kier alpha value is -2.34. The number of carbonyl (C=O) groups is 2. The molecule has 5 nitrogen and oxygen atoms in total. The van der Waals surface area contributed by atoms with Gasteiger partial charge < -0.3 is 15.1 Å². The molecule has 0 aromatic heterocycles. The van der Waals surface area contributed by atoms with E-state index in [1.165, 1.54) is 0 Å². The molecule has 2 aromatic rings. The van der Waals surface area contributed by atoms with Crippen molar-refractivity contribution in [1.29, 1.82) is 0 Å². The molecule has 3 atom stereocenters. The second-order valence-corrected chi connectivity index (χ2v) is 9.92. The maximum Gasteiger partial charge on any atom is 0.308 e. The molecule has 7 heteroatoms. The predicted octanol–water partition coefficient (Wildman–Crippen LogP) is 6.00. The first-order valence-corrected chi connectivity index (χ1v) is 11.7. The number of carbonyl (C=O) groups excluding carboxylic acids is 1. The summed E-state index contributed by atoms with van der Waals surface area (Å²) < 4.78 is 0. The molecule has 0 aliphatic carbocycles. The molecule has 1 amide bonds. The lowest BCUT2D eigenvalue weighted by Gasteiger charge is -2.49. The van der Waals surface area contributed by atoms with Crippen LogP contribution in [0.3, 0.4) is 0 Å². The third-order valence-electron chi connectivity index (χ3n) is 6.34. The summed E-state index contributed by atoms with van der Waals surface area (Å²) in [6, 6.07) is 13.6. The Kier molecular flexibility index (Phi) is 7.57. The highest BCUT2D eigenvalue weighted by Crippen LogP contribution is 2.49. The number of aliphatic carboxylic acids is 1. The largest absolute Gasteiger partial charge is 0.481 e. The Bertz CT molecular complexity index is 1070. The van der Waals surface area contributed by atoms with Gasteiger partial charge in [-0.2, -0.15) is 0 Å². The minimum absolute atomic E-state index is 0.236. The van der Waals surface area contributed by atoms with Gasteiger partial charge in [-0.05, 0) is 62.6 Å². The zero-order valence-electron chi connectivity index (χ0n) is 19.2. The predicted molar refractivity (Wildman–Crippen MR) is 131 cm³/mol. The van der Waals surface area contributed by atoms with Crippen LogP contribution in [0.2, 0.25) is 10.0 Å². The van der Waals surface area contributed by atoms with Crippen molar-refractivity contribution in [3.05, 3.63) is 80.8 Å². The summed E-state index contributed by atoms with van der Waals surface area (Å²) >= 11 is 12.5. The topological polar surface area (TPSA) is 77.8 Å². The molecule has 0 saturated carbocycles. The van der Waals surface area contributed by atoms with E-state index in [0.717, 1.165) is 11.1 Å². The fourth-order valence-electron chi connectivity index (χ4n) is 4.92. The molecule has 0 unspecified atom stereocenters. The van der Waals surface area contributed by atoms with E-state index in [9.17, 15) is 19.8 Å². The summed E-state index contributed by atoms with van der Waals surface area (Å²) in [6.07, 6.45) is 0.0921. The summed E-state index contributed by atoms with van der Waals surface area (Å²) in [6.45, 7) is 7.06. The van der Waals surface area contributed by atoms with Crippen LogP contribution >= 0.6 is 23.2 Å². The number of amides is 1. The van der Waals surface area contributed by atoms with Crippen LogP contribution in [-0.4, -0.2) is 38.6 Å². The van der Waals surface area contributed by atoms with Crippen LogP contribution in [0.15, 0.2) is 59.7 Å². The van der Waals surface area contributed by atoms with E-state index in [0.29, 0.717) is 22.0 Å². The summed E-state index contributed by atoms with van der Waals surface area (Å²) in [5.41, 5.74) is 1.42. The number of hydrogen-bond acceptors (Lipinski definition) is 3. The summed E-state index contributed by atoms with van der Waals surface area (Å²) in [5, 5.41) is 21.7. The van der Waals surface area contributed by atoms with E-state index in [4.69, 9.17) is 23.2 Å².